The zero-order valence-electron chi connectivity index (χ0n) is 11.8. The van der Waals surface area contributed by atoms with Crippen molar-refractivity contribution in [2.45, 2.75) is 50.2 Å². The van der Waals surface area contributed by atoms with E-state index in [-0.39, 0.29) is 12.1 Å². The Balaban J connectivity index is 1.90. The molecule has 106 valence electrons. The average molecular weight is 280 g/mol. The summed E-state index contributed by atoms with van der Waals surface area (Å²) >= 11 is 1.86. The number of thioether (sulfide) groups is 1. The van der Waals surface area contributed by atoms with Crippen LogP contribution in [0, 0.1) is 5.92 Å². The first kappa shape index (κ1) is 14.7. The largest absolute Gasteiger partial charge is 0.487 e. The molecular formula is C15H24N2OS. The van der Waals surface area contributed by atoms with Crippen molar-refractivity contribution in [2.24, 2.45) is 11.8 Å². The lowest BCUT2D eigenvalue weighted by atomic mass is 10.0. The predicted molar refractivity (Wildman–Crippen MR) is 81.4 cm³/mol. The summed E-state index contributed by atoms with van der Waals surface area (Å²) in [6, 6.07) is 8.46. The van der Waals surface area contributed by atoms with Crippen molar-refractivity contribution in [2.75, 3.05) is 5.75 Å². The number of para-hydroxylation sites is 1. The second-order valence-corrected chi connectivity index (χ2v) is 6.57. The van der Waals surface area contributed by atoms with Crippen LogP contribution in [0.1, 0.15) is 33.1 Å². The maximum absolute atomic E-state index is 6.08. The second-order valence-electron chi connectivity index (χ2n) is 5.51. The molecule has 2 atom stereocenters. The molecule has 0 saturated carbocycles. The molecule has 1 aromatic rings. The third-order valence-electron chi connectivity index (χ3n) is 3.49. The van der Waals surface area contributed by atoms with Gasteiger partial charge in [0.25, 0.3) is 0 Å². The number of benzene rings is 1. The molecule has 1 aromatic carbocycles. The monoisotopic (exact) mass is 280 g/mol. The van der Waals surface area contributed by atoms with Crippen LogP contribution < -0.4 is 16.0 Å². The summed E-state index contributed by atoms with van der Waals surface area (Å²) in [5.74, 6) is 8.41. The Hall–Kier alpha value is -0.710. The molecule has 0 aromatic heterocycles. The van der Waals surface area contributed by atoms with E-state index in [4.69, 9.17) is 10.6 Å². The molecule has 0 radical (unpaired) electrons. The summed E-state index contributed by atoms with van der Waals surface area (Å²) in [6.07, 6.45) is 3.67. The fraction of sp³-hybridized carbons (Fsp3) is 0.600. The summed E-state index contributed by atoms with van der Waals surface area (Å²) in [6.45, 7) is 4.52. The van der Waals surface area contributed by atoms with Gasteiger partial charge in [-0.15, -0.1) is 11.8 Å². The molecule has 1 aliphatic heterocycles. The fourth-order valence-electron chi connectivity index (χ4n) is 2.36. The van der Waals surface area contributed by atoms with Gasteiger partial charge in [-0.2, -0.15) is 0 Å². The minimum Gasteiger partial charge on any atom is -0.487 e. The third-order valence-corrected chi connectivity index (χ3v) is 4.63. The lowest BCUT2D eigenvalue weighted by Gasteiger charge is -2.31. The summed E-state index contributed by atoms with van der Waals surface area (Å²) in [5.41, 5.74) is 2.94. The first-order valence-corrected chi connectivity index (χ1v) is 8.04. The van der Waals surface area contributed by atoms with Crippen molar-refractivity contribution in [3.63, 3.8) is 0 Å². The Labute approximate surface area is 120 Å². The van der Waals surface area contributed by atoms with Crippen LogP contribution in [0.3, 0.4) is 0 Å². The van der Waals surface area contributed by atoms with Gasteiger partial charge in [0.2, 0.25) is 0 Å². The van der Waals surface area contributed by atoms with Crippen LogP contribution in [0.5, 0.6) is 5.75 Å². The molecule has 3 nitrogen and oxygen atoms in total. The van der Waals surface area contributed by atoms with Crippen molar-refractivity contribution in [3.8, 4) is 5.75 Å². The van der Waals surface area contributed by atoms with E-state index >= 15 is 0 Å². The molecular weight excluding hydrogens is 256 g/mol. The minimum atomic E-state index is 0.164. The molecule has 3 N–H and O–H groups in total. The predicted octanol–water partition coefficient (Wildman–Crippen LogP) is 3.20. The molecule has 0 saturated heterocycles. The first-order valence-electron chi connectivity index (χ1n) is 7.05. The number of hydrogen-bond acceptors (Lipinski definition) is 4. The highest BCUT2D eigenvalue weighted by Gasteiger charge is 2.27. The van der Waals surface area contributed by atoms with Gasteiger partial charge in [-0.05, 0) is 24.5 Å². The molecule has 0 amide bonds. The van der Waals surface area contributed by atoms with Gasteiger partial charge >= 0.3 is 0 Å². The number of fused-ring (bicyclic) bond motifs is 1. The third kappa shape index (κ3) is 4.13. The van der Waals surface area contributed by atoms with E-state index in [1.54, 1.807) is 0 Å². The molecule has 0 aliphatic carbocycles. The smallest absolute Gasteiger partial charge is 0.133 e. The number of nitrogens with two attached hydrogens (primary N) is 1. The molecule has 4 heteroatoms. The van der Waals surface area contributed by atoms with Crippen molar-refractivity contribution in [3.05, 3.63) is 24.3 Å². The second kappa shape index (κ2) is 7.17. The van der Waals surface area contributed by atoms with E-state index in [9.17, 15) is 0 Å². The molecule has 1 heterocycles. The maximum atomic E-state index is 6.08. The van der Waals surface area contributed by atoms with Crippen LogP contribution in [-0.2, 0) is 0 Å². The van der Waals surface area contributed by atoms with Gasteiger partial charge in [0, 0.05) is 10.6 Å². The van der Waals surface area contributed by atoms with E-state index in [0.717, 1.165) is 23.8 Å². The number of ether oxygens (including phenoxy) is 1. The van der Waals surface area contributed by atoms with Gasteiger partial charge < -0.3 is 4.74 Å². The fourth-order valence-corrected chi connectivity index (χ4v) is 3.43. The molecule has 2 unspecified atom stereocenters. The molecule has 0 spiro atoms. The highest BCUT2D eigenvalue weighted by molar-refractivity contribution is 7.99. The van der Waals surface area contributed by atoms with Crippen LogP contribution in [0.25, 0.3) is 0 Å². The average Bonchev–Trinajstić information content (AvgIpc) is 2.43. The van der Waals surface area contributed by atoms with Gasteiger partial charge in [0.15, 0.2) is 0 Å². The molecule has 0 fully saturated rings. The standard InChI is InChI=1S/C15H24N2OS/c1-11(2)6-5-7-12(17-16)14-10-19-15-9-4-3-8-13(15)18-14/h3-4,8-9,11-12,14,17H,5-7,10,16H2,1-2H3. The maximum Gasteiger partial charge on any atom is 0.133 e. The van der Waals surface area contributed by atoms with Gasteiger partial charge in [0.05, 0.1) is 6.04 Å². The van der Waals surface area contributed by atoms with Crippen LogP contribution >= 0.6 is 11.8 Å². The van der Waals surface area contributed by atoms with Crippen molar-refractivity contribution >= 4 is 11.8 Å². The van der Waals surface area contributed by atoms with Crippen molar-refractivity contribution in [1.29, 1.82) is 0 Å². The Morgan fingerprint density at radius 3 is 2.89 bits per heavy atom. The lowest BCUT2D eigenvalue weighted by molar-refractivity contribution is 0.158. The SMILES string of the molecule is CC(C)CCCC(NN)C1CSc2ccccc2O1. The van der Waals surface area contributed by atoms with Crippen LogP contribution in [0.4, 0.5) is 0 Å². The Morgan fingerprint density at radius 1 is 1.37 bits per heavy atom. The normalized spacial score (nSPS) is 19.9. The van der Waals surface area contributed by atoms with Crippen molar-refractivity contribution in [1.82, 2.24) is 5.43 Å². The molecule has 1 aliphatic rings. The van der Waals surface area contributed by atoms with E-state index in [0.29, 0.717) is 0 Å². The Morgan fingerprint density at radius 2 is 2.16 bits per heavy atom. The Kier molecular flexibility index (Phi) is 5.55. The zero-order chi connectivity index (χ0) is 13.7. The molecule has 0 bridgehead atoms. The Bertz CT molecular complexity index is 397. The van der Waals surface area contributed by atoms with Crippen molar-refractivity contribution < 1.29 is 4.74 Å². The van der Waals surface area contributed by atoms with E-state index in [2.05, 4.69) is 31.4 Å². The number of rotatable bonds is 6. The van der Waals surface area contributed by atoms with Gasteiger partial charge in [-0.25, -0.2) is 0 Å². The zero-order valence-corrected chi connectivity index (χ0v) is 12.6. The number of hydrogen-bond donors (Lipinski definition) is 2. The van der Waals surface area contributed by atoms with Crippen LogP contribution in [0.15, 0.2) is 29.2 Å². The van der Waals surface area contributed by atoms with E-state index in [1.165, 1.54) is 17.7 Å². The molecule has 2 rings (SSSR count). The summed E-state index contributed by atoms with van der Waals surface area (Å²) in [4.78, 5) is 1.23. The summed E-state index contributed by atoms with van der Waals surface area (Å²) in [7, 11) is 0. The highest BCUT2D eigenvalue weighted by atomic mass is 32.2. The van der Waals surface area contributed by atoms with Crippen LogP contribution in [0.2, 0.25) is 0 Å². The van der Waals surface area contributed by atoms with E-state index < -0.39 is 0 Å². The highest BCUT2D eigenvalue weighted by Crippen LogP contribution is 2.36. The summed E-state index contributed by atoms with van der Waals surface area (Å²) in [5, 5.41) is 0. The van der Waals surface area contributed by atoms with Crippen LogP contribution in [-0.4, -0.2) is 17.9 Å². The lowest BCUT2D eigenvalue weighted by Crippen LogP contribution is -2.48. The van der Waals surface area contributed by atoms with E-state index in [1.807, 2.05) is 23.9 Å². The topological polar surface area (TPSA) is 47.3 Å². The minimum absolute atomic E-state index is 0.164. The quantitative estimate of drug-likeness (QED) is 0.620. The number of nitrogens with one attached hydrogen (secondary N) is 1. The molecule has 19 heavy (non-hydrogen) atoms. The number of hydrazine groups is 1. The van der Waals surface area contributed by atoms with Gasteiger partial charge in [0.1, 0.15) is 11.9 Å². The first-order chi connectivity index (χ1) is 9.20. The van der Waals surface area contributed by atoms with Gasteiger partial charge in [-0.3, -0.25) is 11.3 Å². The summed E-state index contributed by atoms with van der Waals surface area (Å²) < 4.78 is 6.08. The van der Waals surface area contributed by atoms with Gasteiger partial charge in [-0.1, -0.05) is 38.8 Å².